The van der Waals surface area contributed by atoms with Gasteiger partial charge < -0.3 is 20.5 Å². The molecule has 3 aromatic rings. The van der Waals surface area contributed by atoms with E-state index in [0.29, 0.717) is 23.7 Å². The molecule has 3 rings (SSSR count). The van der Waals surface area contributed by atoms with Crippen LogP contribution in [0.1, 0.15) is 22.8 Å². The van der Waals surface area contributed by atoms with Crippen molar-refractivity contribution >= 4 is 23.2 Å². The Kier molecular flexibility index (Phi) is 6.47. The van der Waals surface area contributed by atoms with Crippen LogP contribution in [0.3, 0.4) is 0 Å². The lowest BCUT2D eigenvalue weighted by Crippen LogP contribution is -2.13. The van der Waals surface area contributed by atoms with E-state index in [-0.39, 0.29) is 17.2 Å². The minimum Gasteiger partial charge on any atom is -0.507 e. The van der Waals surface area contributed by atoms with Crippen molar-refractivity contribution in [2.24, 2.45) is 0 Å². The zero-order valence-electron chi connectivity index (χ0n) is 16.0. The van der Waals surface area contributed by atoms with Crippen LogP contribution in [0.5, 0.6) is 11.5 Å². The summed E-state index contributed by atoms with van der Waals surface area (Å²) in [7, 11) is 0. The average Bonchev–Trinajstić information content (AvgIpc) is 2.70. The molecule has 0 aliphatic carbocycles. The average molecular weight is 390 g/mol. The van der Waals surface area contributed by atoms with Crippen LogP contribution < -0.4 is 15.4 Å². The quantitative estimate of drug-likeness (QED) is 0.527. The number of amides is 2. The lowest BCUT2D eigenvalue weighted by Gasteiger charge is -2.11. The van der Waals surface area contributed by atoms with Gasteiger partial charge in [0.05, 0.1) is 12.2 Å². The summed E-state index contributed by atoms with van der Waals surface area (Å²) in [6.45, 7) is 1.89. The Balaban J connectivity index is 1.63. The summed E-state index contributed by atoms with van der Waals surface area (Å²) >= 11 is 0. The van der Waals surface area contributed by atoms with Gasteiger partial charge in [0.2, 0.25) is 5.91 Å². The molecule has 3 N–H and O–H groups in total. The summed E-state index contributed by atoms with van der Waals surface area (Å²) in [4.78, 5) is 23.8. The van der Waals surface area contributed by atoms with Crippen LogP contribution in [0.2, 0.25) is 0 Å². The van der Waals surface area contributed by atoms with Crippen molar-refractivity contribution in [1.82, 2.24) is 0 Å². The molecular weight excluding hydrogens is 368 g/mol. The largest absolute Gasteiger partial charge is 0.507 e. The maximum absolute atomic E-state index is 12.6. The van der Waals surface area contributed by atoms with E-state index in [0.717, 1.165) is 6.42 Å². The van der Waals surface area contributed by atoms with E-state index in [1.54, 1.807) is 18.2 Å². The number of hydrogen-bond acceptors (Lipinski definition) is 4. The predicted octanol–water partition coefficient (Wildman–Crippen LogP) is 4.22. The second kappa shape index (κ2) is 9.41. The van der Waals surface area contributed by atoms with Gasteiger partial charge in [-0.1, -0.05) is 36.4 Å². The molecule has 6 nitrogen and oxygen atoms in total. The molecular formula is C23H22N2O4. The molecule has 0 fully saturated rings. The Morgan fingerprint density at radius 3 is 2.41 bits per heavy atom. The van der Waals surface area contributed by atoms with Gasteiger partial charge in [0.15, 0.2) is 0 Å². The lowest BCUT2D eigenvalue weighted by atomic mass is 10.1. The highest BCUT2D eigenvalue weighted by Gasteiger charge is 2.13. The summed E-state index contributed by atoms with van der Waals surface area (Å²) in [6.07, 6.45) is 0.779. The van der Waals surface area contributed by atoms with Gasteiger partial charge in [-0.15, -0.1) is 0 Å². The molecule has 0 heterocycles. The Morgan fingerprint density at radius 1 is 0.897 bits per heavy atom. The van der Waals surface area contributed by atoms with Crippen LogP contribution in [0.15, 0.2) is 72.8 Å². The first-order chi connectivity index (χ1) is 14.0. The van der Waals surface area contributed by atoms with Gasteiger partial charge >= 0.3 is 0 Å². The number of hydrogen-bond donors (Lipinski definition) is 3. The second-order valence-electron chi connectivity index (χ2n) is 6.48. The fourth-order valence-electron chi connectivity index (χ4n) is 2.79. The molecule has 2 amide bonds. The zero-order chi connectivity index (χ0) is 20.6. The van der Waals surface area contributed by atoms with Crippen molar-refractivity contribution in [3.05, 3.63) is 83.9 Å². The molecule has 3 aromatic carbocycles. The van der Waals surface area contributed by atoms with Crippen molar-refractivity contribution < 1.29 is 19.4 Å². The van der Waals surface area contributed by atoms with E-state index in [2.05, 4.69) is 10.6 Å². The lowest BCUT2D eigenvalue weighted by molar-refractivity contribution is -0.114. The van der Waals surface area contributed by atoms with Crippen LogP contribution in [-0.2, 0) is 11.2 Å². The minimum atomic E-state index is -0.490. The highest BCUT2D eigenvalue weighted by Crippen LogP contribution is 2.24. The Labute approximate surface area is 169 Å². The Bertz CT molecular complexity index is 1000. The number of anilines is 2. The summed E-state index contributed by atoms with van der Waals surface area (Å²) in [5, 5.41) is 15.3. The summed E-state index contributed by atoms with van der Waals surface area (Å²) in [5.41, 5.74) is 2.22. The van der Waals surface area contributed by atoms with Crippen molar-refractivity contribution in [3.63, 3.8) is 0 Å². The highest BCUT2D eigenvalue weighted by atomic mass is 16.5. The van der Waals surface area contributed by atoms with Gasteiger partial charge in [-0.3, -0.25) is 9.59 Å². The number of aromatic hydroxyl groups is 1. The number of ether oxygens (including phenoxy) is 1. The third-order valence-corrected chi connectivity index (χ3v) is 4.16. The van der Waals surface area contributed by atoms with Gasteiger partial charge in [-0.2, -0.15) is 0 Å². The standard InChI is InChI=1S/C23H22N2O4/c1-16(26)24-19-10-11-22(27)21(15-19)23(28)25-18-8-5-9-20(14-18)29-13-12-17-6-3-2-4-7-17/h2-11,14-15,27H,12-13H2,1H3,(H,24,26)(H,25,28). The Hall–Kier alpha value is -3.80. The smallest absolute Gasteiger partial charge is 0.259 e. The van der Waals surface area contributed by atoms with Crippen molar-refractivity contribution in [2.75, 3.05) is 17.2 Å². The van der Waals surface area contributed by atoms with E-state index in [4.69, 9.17) is 4.74 Å². The van der Waals surface area contributed by atoms with Gasteiger partial charge in [-0.25, -0.2) is 0 Å². The number of phenolic OH excluding ortho intramolecular Hbond substituents is 1. The van der Waals surface area contributed by atoms with Crippen LogP contribution in [0, 0.1) is 0 Å². The number of nitrogens with one attached hydrogen (secondary N) is 2. The van der Waals surface area contributed by atoms with E-state index >= 15 is 0 Å². The molecule has 0 radical (unpaired) electrons. The summed E-state index contributed by atoms with van der Waals surface area (Å²) < 4.78 is 5.78. The monoisotopic (exact) mass is 390 g/mol. The molecule has 0 unspecified atom stereocenters. The van der Waals surface area contributed by atoms with Crippen LogP contribution >= 0.6 is 0 Å². The van der Waals surface area contributed by atoms with E-state index in [1.165, 1.54) is 30.7 Å². The molecule has 0 aromatic heterocycles. The normalized spacial score (nSPS) is 10.2. The van der Waals surface area contributed by atoms with Crippen molar-refractivity contribution in [3.8, 4) is 11.5 Å². The number of carbonyl (C=O) groups is 2. The molecule has 0 saturated carbocycles. The first-order valence-corrected chi connectivity index (χ1v) is 9.20. The zero-order valence-corrected chi connectivity index (χ0v) is 16.0. The molecule has 0 saturated heterocycles. The topological polar surface area (TPSA) is 87.7 Å². The molecule has 6 heteroatoms. The van der Waals surface area contributed by atoms with E-state index in [1.807, 2.05) is 36.4 Å². The molecule has 148 valence electrons. The van der Waals surface area contributed by atoms with Gasteiger partial charge in [0.1, 0.15) is 11.5 Å². The fraction of sp³-hybridized carbons (Fsp3) is 0.130. The maximum atomic E-state index is 12.6. The molecule has 0 atom stereocenters. The maximum Gasteiger partial charge on any atom is 0.259 e. The summed E-state index contributed by atoms with van der Waals surface area (Å²) in [5.74, 6) is -0.291. The van der Waals surface area contributed by atoms with Crippen LogP contribution in [0.25, 0.3) is 0 Å². The molecule has 0 aliphatic heterocycles. The predicted molar refractivity (Wildman–Crippen MR) is 112 cm³/mol. The van der Waals surface area contributed by atoms with Crippen molar-refractivity contribution in [2.45, 2.75) is 13.3 Å². The van der Waals surface area contributed by atoms with Gasteiger partial charge in [0, 0.05) is 30.8 Å². The minimum absolute atomic E-state index is 0.0617. The summed E-state index contributed by atoms with van der Waals surface area (Å²) in [6, 6.07) is 21.4. The number of rotatable bonds is 7. The first kappa shape index (κ1) is 19.9. The first-order valence-electron chi connectivity index (χ1n) is 9.20. The molecule has 0 bridgehead atoms. The van der Waals surface area contributed by atoms with Crippen LogP contribution in [0.4, 0.5) is 11.4 Å². The Morgan fingerprint density at radius 2 is 1.66 bits per heavy atom. The molecule has 0 spiro atoms. The third kappa shape index (κ3) is 5.84. The molecule has 29 heavy (non-hydrogen) atoms. The third-order valence-electron chi connectivity index (χ3n) is 4.16. The van der Waals surface area contributed by atoms with Gasteiger partial charge in [0.25, 0.3) is 5.91 Å². The van der Waals surface area contributed by atoms with Crippen molar-refractivity contribution in [1.29, 1.82) is 0 Å². The van der Waals surface area contributed by atoms with Gasteiger partial charge in [-0.05, 0) is 35.9 Å². The molecule has 0 aliphatic rings. The SMILES string of the molecule is CC(=O)Nc1ccc(O)c(C(=O)Nc2cccc(OCCc3ccccc3)c2)c1. The number of carbonyl (C=O) groups excluding carboxylic acids is 2. The number of benzene rings is 3. The van der Waals surface area contributed by atoms with E-state index < -0.39 is 5.91 Å². The second-order valence-corrected chi connectivity index (χ2v) is 6.48. The highest BCUT2D eigenvalue weighted by molar-refractivity contribution is 6.07. The fourth-order valence-corrected chi connectivity index (χ4v) is 2.79. The van der Waals surface area contributed by atoms with E-state index in [9.17, 15) is 14.7 Å². The number of phenols is 1. The van der Waals surface area contributed by atoms with Crippen LogP contribution in [-0.4, -0.2) is 23.5 Å².